The molecule has 2 heterocycles. The Labute approximate surface area is 107 Å². The van der Waals surface area contributed by atoms with Crippen molar-refractivity contribution in [3.05, 3.63) is 18.2 Å². The fourth-order valence-electron chi connectivity index (χ4n) is 2.61. The number of imidazole rings is 1. The van der Waals surface area contributed by atoms with E-state index in [9.17, 15) is 4.79 Å². The maximum absolute atomic E-state index is 12.3. The quantitative estimate of drug-likeness (QED) is 0.858. The SMILES string of the molecule is CC(NC(=O)C1C(C)OC(C)C1C)c1ncc[nH]1. The number of ether oxygens (including phenoxy) is 1. The Hall–Kier alpha value is -1.36. The van der Waals surface area contributed by atoms with Crippen molar-refractivity contribution >= 4 is 5.91 Å². The first kappa shape index (κ1) is 13.1. The van der Waals surface area contributed by atoms with Crippen LogP contribution in [-0.4, -0.2) is 28.1 Å². The van der Waals surface area contributed by atoms with Gasteiger partial charge in [0.1, 0.15) is 5.82 Å². The lowest BCUT2D eigenvalue weighted by molar-refractivity contribution is -0.127. The van der Waals surface area contributed by atoms with Gasteiger partial charge in [0.05, 0.1) is 24.2 Å². The van der Waals surface area contributed by atoms with Crippen molar-refractivity contribution in [1.82, 2.24) is 15.3 Å². The lowest BCUT2D eigenvalue weighted by Gasteiger charge is -2.20. The summed E-state index contributed by atoms with van der Waals surface area (Å²) in [6.45, 7) is 7.97. The molecule has 100 valence electrons. The highest BCUT2D eigenvalue weighted by Gasteiger charge is 2.41. The minimum Gasteiger partial charge on any atom is -0.374 e. The molecule has 2 rings (SSSR count). The van der Waals surface area contributed by atoms with Gasteiger partial charge in [-0.3, -0.25) is 4.79 Å². The molecule has 0 bridgehead atoms. The zero-order valence-corrected chi connectivity index (χ0v) is 11.3. The minimum atomic E-state index is -0.109. The highest BCUT2D eigenvalue weighted by Crippen LogP contribution is 2.32. The second-order valence-corrected chi connectivity index (χ2v) is 5.14. The molecule has 5 atom stereocenters. The predicted octanol–water partition coefficient (Wildman–Crippen LogP) is 1.65. The maximum Gasteiger partial charge on any atom is 0.226 e. The van der Waals surface area contributed by atoms with Crippen LogP contribution in [0.15, 0.2) is 12.4 Å². The molecule has 0 radical (unpaired) electrons. The van der Waals surface area contributed by atoms with Crippen LogP contribution in [0.5, 0.6) is 0 Å². The molecule has 1 aliphatic heterocycles. The zero-order valence-electron chi connectivity index (χ0n) is 11.3. The summed E-state index contributed by atoms with van der Waals surface area (Å²) in [5.74, 6) is 0.972. The molecule has 5 nitrogen and oxygen atoms in total. The van der Waals surface area contributed by atoms with E-state index in [1.165, 1.54) is 0 Å². The van der Waals surface area contributed by atoms with E-state index in [4.69, 9.17) is 4.74 Å². The minimum absolute atomic E-state index is 0.0289. The van der Waals surface area contributed by atoms with E-state index < -0.39 is 0 Å². The van der Waals surface area contributed by atoms with E-state index in [-0.39, 0.29) is 36.0 Å². The number of hydrogen-bond acceptors (Lipinski definition) is 3. The largest absolute Gasteiger partial charge is 0.374 e. The van der Waals surface area contributed by atoms with E-state index >= 15 is 0 Å². The van der Waals surface area contributed by atoms with Gasteiger partial charge in [-0.05, 0) is 26.7 Å². The summed E-state index contributed by atoms with van der Waals surface area (Å²) < 4.78 is 5.70. The Bertz CT molecular complexity index is 404. The highest BCUT2D eigenvalue weighted by molar-refractivity contribution is 5.80. The Kier molecular flexibility index (Phi) is 3.71. The van der Waals surface area contributed by atoms with E-state index in [1.54, 1.807) is 12.4 Å². The van der Waals surface area contributed by atoms with Crippen LogP contribution < -0.4 is 5.32 Å². The molecule has 18 heavy (non-hydrogen) atoms. The van der Waals surface area contributed by atoms with E-state index in [2.05, 4.69) is 22.2 Å². The number of amides is 1. The van der Waals surface area contributed by atoms with Crippen molar-refractivity contribution in [2.75, 3.05) is 0 Å². The maximum atomic E-state index is 12.3. The molecule has 0 saturated carbocycles. The third-order valence-corrected chi connectivity index (χ3v) is 3.83. The zero-order chi connectivity index (χ0) is 13.3. The smallest absolute Gasteiger partial charge is 0.226 e. The highest BCUT2D eigenvalue weighted by atomic mass is 16.5. The van der Waals surface area contributed by atoms with Gasteiger partial charge >= 0.3 is 0 Å². The number of aromatic nitrogens is 2. The molecule has 0 aromatic carbocycles. The van der Waals surface area contributed by atoms with Gasteiger partial charge in [-0.15, -0.1) is 0 Å². The molecule has 0 aliphatic carbocycles. The van der Waals surface area contributed by atoms with Crippen LogP contribution >= 0.6 is 0 Å². The van der Waals surface area contributed by atoms with Crippen molar-refractivity contribution in [2.45, 2.75) is 45.9 Å². The van der Waals surface area contributed by atoms with Crippen LogP contribution in [0.2, 0.25) is 0 Å². The number of nitrogens with zero attached hydrogens (tertiary/aromatic N) is 1. The van der Waals surface area contributed by atoms with Crippen LogP contribution in [0.3, 0.4) is 0 Å². The number of carbonyl (C=O) groups excluding carboxylic acids is 1. The Morgan fingerprint density at radius 2 is 2.17 bits per heavy atom. The Balaban J connectivity index is 2.00. The van der Waals surface area contributed by atoms with Crippen LogP contribution in [0, 0.1) is 11.8 Å². The van der Waals surface area contributed by atoms with Gasteiger partial charge in [0.2, 0.25) is 5.91 Å². The number of rotatable bonds is 3. The van der Waals surface area contributed by atoms with E-state index in [0.717, 1.165) is 5.82 Å². The van der Waals surface area contributed by atoms with Crippen molar-refractivity contribution < 1.29 is 9.53 Å². The average Bonchev–Trinajstić information content (AvgIpc) is 2.88. The molecule has 1 aromatic rings. The second kappa shape index (κ2) is 5.10. The first-order valence-electron chi connectivity index (χ1n) is 6.45. The fourth-order valence-corrected chi connectivity index (χ4v) is 2.61. The predicted molar refractivity (Wildman–Crippen MR) is 67.8 cm³/mol. The summed E-state index contributed by atoms with van der Waals surface area (Å²) in [5, 5.41) is 2.99. The Morgan fingerprint density at radius 1 is 1.44 bits per heavy atom. The van der Waals surface area contributed by atoms with Crippen molar-refractivity contribution in [3.8, 4) is 0 Å². The lowest BCUT2D eigenvalue weighted by Crippen LogP contribution is -2.38. The van der Waals surface area contributed by atoms with Crippen LogP contribution in [0.4, 0.5) is 0 Å². The monoisotopic (exact) mass is 251 g/mol. The number of hydrogen-bond donors (Lipinski definition) is 2. The van der Waals surface area contributed by atoms with Gasteiger partial charge in [0.25, 0.3) is 0 Å². The summed E-state index contributed by atoms with van der Waals surface area (Å²) in [6, 6.07) is -0.109. The molecular formula is C13H21N3O2. The summed E-state index contributed by atoms with van der Waals surface area (Å²) >= 11 is 0. The molecule has 5 heteroatoms. The molecule has 1 fully saturated rings. The van der Waals surface area contributed by atoms with E-state index in [1.807, 2.05) is 20.8 Å². The topological polar surface area (TPSA) is 67.0 Å². The van der Waals surface area contributed by atoms with Gasteiger partial charge in [0.15, 0.2) is 0 Å². The van der Waals surface area contributed by atoms with Gasteiger partial charge < -0.3 is 15.0 Å². The standard InChI is InChI=1S/C13H21N3O2/c1-7-9(3)18-10(4)11(7)13(17)16-8(2)12-14-5-6-15-12/h5-11H,1-4H3,(H,14,15)(H,16,17). The second-order valence-electron chi connectivity index (χ2n) is 5.14. The lowest BCUT2D eigenvalue weighted by atomic mass is 9.88. The number of carbonyl (C=O) groups is 1. The fraction of sp³-hybridized carbons (Fsp3) is 0.692. The Morgan fingerprint density at radius 3 is 2.67 bits per heavy atom. The van der Waals surface area contributed by atoms with E-state index in [0.29, 0.717) is 0 Å². The number of H-pyrrole nitrogens is 1. The first-order valence-corrected chi connectivity index (χ1v) is 6.45. The molecule has 1 aliphatic rings. The molecular weight excluding hydrogens is 230 g/mol. The summed E-state index contributed by atoms with van der Waals surface area (Å²) in [6.07, 6.45) is 3.54. The number of nitrogens with one attached hydrogen (secondary N) is 2. The van der Waals surface area contributed by atoms with Crippen molar-refractivity contribution in [2.24, 2.45) is 11.8 Å². The number of aromatic amines is 1. The third-order valence-electron chi connectivity index (χ3n) is 3.83. The van der Waals surface area contributed by atoms with Crippen LogP contribution in [0.25, 0.3) is 0 Å². The van der Waals surface area contributed by atoms with Gasteiger partial charge in [-0.2, -0.15) is 0 Å². The van der Waals surface area contributed by atoms with Crippen LogP contribution in [-0.2, 0) is 9.53 Å². The molecule has 1 amide bonds. The average molecular weight is 251 g/mol. The molecule has 1 saturated heterocycles. The first-order chi connectivity index (χ1) is 8.50. The van der Waals surface area contributed by atoms with Crippen molar-refractivity contribution in [3.63, 3.8) is 0 Å². The summed E-state index contributed by atoms with van der Waals surface area (Å²) in [5.41, 5.74) is 0. The summed E-state index contributed by atoms with van der Waals surface area (Å²) in [7, 11) is 0. The normalized spacial score (nSPS) is 33.3. The third kappa shape index (κ3) is 2.41. The molecule has 2 N–H and O–H groups in total. The van der Waals surface area contributed by atoms with Crippen molar-refractivity contribution in [1.29, 1.82) is 0 Å². The van der Waals surface area contributed by atoms with Gasteiger partial charge in [0, 0.05) is 12.4 Å². The molecule has 5 unspecified atom stereocenters. The summed E-state index contributed by atoms with van der Waals surface area (Å²) in [4.78, 5) is 19.4. The molecule has 1 aromatic heterocycles. The van der Waals surface area contributed by atoms with Gasteiger partial charge in [-0.25, -0.2) is 4.98 Å². The van der Waals surface area contributed by atoms with Gasteiger partial charge in [-0.1, -0.05) is 6.92 Å². The molecule has 0 spiro atoms. The van der Waals surface area contributed by atoms with Crippen LogP contribution in [0.1, 0.15) is 39.6 Å².